The number of nitrogens with two attached hydrogens (primary N) is 1. The van der Waals surface area contributed by atoms with Crippen LogP contribution in [0.1, 0.15) is 24.2 Å². The predicted molar refractivity (Wildman–Crippen MR) is 61.8 cm³/mol. The van der Waals surface area contributed by atoms with E-state index < -0.39 is 11.4 Å². The van der Waals surface area contributed by atoms with Crippen LogP contribution < -0.4 is 5.73 Å². The molecule has 0 aromatic heterocycles. The second-order valence-electron chi connectivity index (χ2n) is 4.15. The van der Waals surface area contributed by atoms with Crippen molar-refractivity contribution in [2.45, 2.75) is 19.4 Å². The normalized spacial score (nSPS) is 10.9. The summed E-state index contributed by atoms with van der Waals surface area (Å²) in [5.74, 6) is -0.747. The number of rotatable bonds is 3. The maximum absolute atomic E-state index is 12.0. The van der Waals surface area contributed by atoms with E-state index in [0.717, 1.165) is 0 Å². The van der Waals surface area contributed by atoms with Gasteiger partial charge in [-0.3, -0.25) is 9.59 Å². The van der Waals surface area contributed by atoms with Crippen molar-refractivity contribution in [3.63, 3.8) is 0 Å². The molecular formula is C12H16N2O2. The summed E-state index contributed by atoms with van der Waals surface area (Å²) in [6, 6.07) is 8.79. The van der Waals surface area contributed by atoms with Crippen molar-refractivity contribution >= 4 is 11.8 Å². The molecule has 0 fully saturated rings. The number of hydrogen-bond donors (Lipinski definition) is 1. The molecule has 4 nitrogen and oxygen atoms in total. The van der Waals surface area contributed by atoms with Crippen LogP contribution in [0, 0.1) is 0 Å². The smallest absolute Gasteiger partial charge is 0.254 e. The fraction of sp³-hybridized carbons (Fsp3) is 0.333. The first-order chi connectivity index (χ1) is 7.37. The monoisotopic (exact) mass is 220 g/mol. The molecule has 0 aliphatic rings. The Kier molecular flexibility index (Phi) is 3.32. The van der Waals surface area contributed by atoms with Gasteiger partial charge in [-0.15, -0.1) is 0 Å². The number of benzene rings is 1. The summed E-state index contributed by atoms with van der Waals surface area (Å²) in [7, 11) is 1.57. The highest BCUT2D eigenvalue weighted by Gasteiger charge is 2.33. The fourth-order valence-electron chi connectivity index (χ4n) is 1.19. The van der Waals surface area contributed by atoms with Crippen molar-refractivity contribution in [3.8, 4) is 0 Å². The quantitative estimate of drug-likeness (QED) is 0.826. The first-order valence-electron chi connectivity index (χ1n) is 5.00. The number of amides is 2. The molecule has 1 rings (SSSR count). The van der Waals surface area contributed by atoms with Crippen molar-refractivity contribution in [1.29, 1.82) is 0 Å². The molecule has 0 saturated heterocycles. The molecule has 16 heavy (non-hydrogen) atoms. The van der Waals surface area contributed by atoms with Crippen molar-refractivity contribution in [3.05, 3.63) is 35.9 Å². The number of likely N-dealkylation sites (N-methyl/N-ethyl adjacent to an activating group) is 1. The topological polar surface area (TPSA) is 63.4 Å². The Bertz CT molecular complexity index is 399. The Morgan fingerprint density at radius 3 is 2.12 bits per heavy atom. The maximum Gasteiger partial charge on any atom is 0.254 e. The van der Waals surface area contributed by atoms with Gasteiger partial charge in [-0.05, 0) is 26.0 Å². The Hall–Kier alpha value is -1.84. The summed E-state index contributed by atoms with van der Waals surface area (Å²) in [6.07, 6.45) is 0. The van der Waals surface area contributed by atoms with E-state index in [1.54, 1.807) is 45.2 Å². The molecule has 0 atom stereocenters. The minimum atomic E-state index is -0.993. The van der Waals surface area contributed by atoms with Crippen molar-refractivity contribution in [1.82, 2.24) is 4.90 Å². The molecule has 86 valence electrons. The third-order valence-electron chi connectivity index (χ3n) is 2.77. The molecule has 0 unspecified atom stereocenters. The van der Waals surface area contributed by atoms with E-state index in [0.29, 0.717) is 5.56 Å². The van der Waals surface area contributed by atoms with Crippen LogP contribution in [0.15, 0.2) is 30.3 Å². The number of hydrogen-bond acceptors (Lipinski definition) is 2. The third-order valence-corrected chi connectivity index (χ3v) is 2.77. The highest BCUT2D eigenvalue weighted by atomic mass is 16.2. The highest BCUT2D eigenvalue weighted by molar-refractivity contribution is 5.98. The summed E-state index contributed by atoms with van der Waals surface area (Å²) in [5.41, 5.74) is 4.80. The van der Waals surface area contributed by atoms with Crippen LogP contribution in [0.2, 0.25) is 0 Å². The zero-order chi connectivity index (χ0) is 12.3. The van der Waals surface area contributed by atoms with E-state index >= 15 is 0 Å². The summed E-state index contributed by atoms with van der Waals surface area (Å²) in [4.78, 5) is 24.6. The van der Waals surface area contributed by atoms with Gasteiger partial charge in [-0.2, -0.15) is 0 Å². The van der Waals surface area contributed by atoms with E-state index in [2.05, 4.69) is 0 Å². The summed E-state index contributed by atoms with van der Waals surface area (Å²) in [6.45, 7) is 3.24. The molecule has 0 aliphatic heterocycles. The average molecular weight is 220 g/mol. The van der Waals surface area contributed by atoms with Gasteiger partial charge in [0.05, 0.1) is 0 Å². The predicted octanol–water partition coefficient (Wildman–Crippen LogP) is 1.02. The second-order valence-corrected chi connectivity index (χ2v) is 4.15. The Morgan fingerprint density at radius 2 is 1.69 bits per heavy atom. The SMILES string of the molecule is CN(C(=O)c1ccccc1)C(C)(C)C(N)=O. The summed E-state index contributed by atoms with van der Waals surface area (Å²) >= 11 is 0. The number of nitrogens with zero attached hydrogens (tertiary/aromatic N) is 1. The van der Waals surface area contributed by atoms with E-state index in [1.807, 2.05) is 6.07 Å². The van der Waals surface area contributed by atoms with Gasteiger partial charge in [0.25, 0.3) is 5.91 Å². The van der Waals surface area contributed by atoms with Crippen LogP contribution in [-0.4, -0.2) is 29.3 Å². The van der Waals surface area contributed by atoms with Crippen LogP contribution in [0.4, 0.5) is 0 Å². The first-order valence-corrected chi connectivity index (χ1v) is 5.00. The number of carbonyl (C=O) groups excluding carboxylic acids is 2. The number of carbonyl (C=O) groups is 2. The zero-order valence-corrected chi connectivity index (χ0v) is 9.73. The van der Waals surface area contributed by atoms with Crippen LogP contribution in [0.25, 0.3) is 0 Å². The molecule has 1 aromatic rings. The van der Waals surface area contributed by atoms with Crippen molar-refractivity contribution in [2.24, 2.45) is 5.73 Å². The lowest BCUT2D eigenvalue weighted by Gasteiger charge is -2.32. The van der Waals surface area contributed by atoms with E-state index in [1.165, 1.54) is 4.90 Å². The molecule has 0 spiro atoms. The van der Waals surface area contributed by atoms with Crippen LogP contribution in [-0.2, 0) is 4.79 Å². The molecule has 1 aromatic carbocycles. The van der Waals surface area contributed by atoms with Gasteiger partial charge in [0.15, 0.2) is 0 Å². The van der Waals surface area contributed by atoms with Crippen molar-refractivity contribution in [2.75, 3.05) is 7.05 Å². The van der Waals surface area contributed by atoms with Gasteiger partial charge in [0.2, 0.25) is 5.91 Å². The van der Waals surface area contributed by atoms with E-state index in [4.69, 9.17) is 5.73 Å². The lowest BCUT2D eigenvalue weighted by Crippen LogP contribution is -2.53. The molecule has 2 N–H and O–H groups in total. The van der Waals surface area contributed by atoms with Gasteiger partial charge < -0.3 is 10.6 Å². The van der Waals surface area contributed by atoms with Gasteiger partial charge in [-0.25, -0.2) is 0 Å². The van der Waals surface area contributed by atoms with E-state index in [9.17, 15) is 9.59 Å². The lowest BCUT2D eigenvalue weighted by molar-refractivity contribution is -0.126. The van der Waals surface area contributed by atoms with Gasteiger partial charge in [-0.1, -0.05) is 18.2 Å². The first kappa shape index (κ1) is 12.2. The van der Waals surface area contributed by atoms with Gasteiger partial charge in [0, 0.05) is 12.6 Å². The summed E-state index contributed by atoms with van der Waals surface area (Å²) in [5, 5.41) is 0. The van der Waals surface area contributed by atoms with Gasteiger partial charge in [0.1, 0.15) is 5.54 Å². The summed E-state index contributed by atoms with van der Waals surface area (Å²) < 4.78 is 0. The molecule has 0 aliphatic carbocycles. The largest absolute Gasteiger partial charge is 0.368 e. The Balaban J connectivity index is 2.96. The standard InChI is InChI=1S/C12H16N2O2/c1-12(2,11(13)16)14(3)10(15)9-7-5-4-6-8-9/h4-8H,1-3H3,(H2,13,16). The Morgan fingerprint density at radius 1 is 1.19 bits per heavy atom. The molecule has 4 heteroatoms. The molecule has 0 heterocycles. The third kappa shape index (κ3) is 2.21. The molecule has 0 saturated carbocycles. The molecular weight excluding hydrogens is 204 g/mol. The zero-order valence-electron chi connectivity index (χ0n) is 9.73. The minimum absolute atomic E-state index is 0.218. The van der Waals surface area contributed by atoms with Gasteiger partial charge >= 0.3 is 0 Å². The highest BCUT2D eigenvalue weighted by Crippen LogP contribution is 2.15. The van der Waals surface area contributed by atoms with Crippen molar-refractivity contribution < 1.29 is 9.59 Å². The van der Waals surface area contributed by atoms with Crippen LogP contribution in [0.5, 0.6) is 0 Å². The van der Waals surface area contributed by atoms with E-state index in [-0.39, 0.29) is 5.91 Å². The fourth-order valence-corrected chi connectivity index (χ4v) is 1.19. The van der Waals surface area contributed by atoms with Crippen LogP contribution >= 0.6 is 0 Å². The average Bonchev–Trinajstić information content (AvgIpc) is 2.28. The lowest BCUT2D eigenvalue weighted by atomic mass is 10.0. The molecule has 0 radical (unpaired) electrons. The molecule has 0 bridgehead atoms. The molecule has 2 amide bonds. The van der Waals surface area contributed by atoms with Crippen LogP contribution in [0.3, 0.4) is 0 Å². The Labute approximate surface area is 95.0 Å². The number of primary amides is 1. The minimum Gasteiger partial charge on any atom is -0.368 e. The maximum atomic E-state index is 12.0. The second kappa shape index (κ2) is 4.35.